The van der Waals surface area contributed by atoms with Crippen LogP contribution in [0.2, 0.25) is 0 Å². The number of rotatable bonds is 1. The highest BCUT2D eigenvalue weighted by Crippen LogP contribution is 2.32. The Morgan fingerprint density at radius 3 is 2.45 bits per heavy atom. The van der Waals surface area contributed by atoms with E-state index in [2.05, 4.69) is 0 Å². The number of nitrogens with zero attached hydrogens (tertiary/aromatic N) is 1. The van der Waals surface area contributed by atoms with Gasteiger partial charge in [0.2, 0.25) is 0 Å². The molecular weight excluding hydrogens is 283 g/mol. The molecule has 1 fully saturated rings. The van der Waals surface area contributed by atoms with Crippen LogP contribution < -0.4 is 5.73 Å². The van der Waals surface area contributed by atoms with Crippen LogP contribution in [0.4, 0.5) is 14.9 Å². The van der Waals surface area contributed by atoms with E-state index in [1.165, 1.54) is 0 Å². The van der Waals surface area contributed by atoms with Crippen LogP contribution in [-0.2, 0) is 4.74 Å². The summed E-state index contributed by atoms with van der Waals surface area (Å²) in [4.78, 5) is 13.8. The van der Waals surface area contributed by atoms with Crippen molar-refractivity contribution >= 4 is 11.8 Å². The molecule has 22 heavy (non-hydrogen) atoms. The monoisotopic (exact) mass is 308 g/mol. The van der Waals surface area contributed by atoms with Gasteiger partial charge < -0.3 is 15.4 Å². The normalized spacial score (nSPS) is 16.7. The number of hydrogen-bond acceptors (Lipinski definition) is 3. The van der Waals surface area contributed by atoms with Gasteiger partial charge in [0.25, 0.3) is 0 Å². The van der Waals surface area contributed by atoms with Crippen LogP contribution in [0.1, 0.15) is 50.7 Å². The molecule has 5 heteroatoms. The van der Waals surface area contributed by atoms with Crippen LogP contribution in [0.15, 0.2) is 12.1 Å². The second kappa shape index (κ2) is 6.15. The number of hydrogen-bond donors (Lipinski definition) is 1. The highest BCUT2D eigenvalue weighted by Gasteiger charge is 2.28. The summed E-state index contributed by atoms with van der Waals surface area (Å²) < 4.78 is 19.1. The van der Waals surface area contributed by atoms with Crippen molar-refractivity contribution in [2.45, 2.75) is 52.1 Å². The zero-order valence-electron chi connectivity index (χ0n) is 13.8. The van der Waals surface area contributed by atoms with Gasteiger partial charge in [-0.25, -0.2) is 9.18 Å². The Bertz CT molecular complexity index is 559. The Balaban J connectivity index is 2.01. The molecule has 4 nitrogen and oxygen atoms in total. The molecule has 1 heterocycles. The zero-order valence-corrected chi connectivity index (χ0v) is 13.8. The number of piperidine rings is 1. The number of carbonyl (C=O) groups is 1. The van der Waals surface area contributed by atoms with Crippen molar-refractivity contribution in [3.63, 3.8) is 0 Å². The maximum absolute atomic E-state index is 13.7. The van der Waals surface area contributed by atoms with Crippen molar-refractivity contribution in [2.24, 2.45) is 0 Å². The number of ether oxygens (including phenoxy) is 1. The minimum absolute atomic E-state index is 0.187. The van der Waals surface area contributed by atoms with Crippen molar-refractivity contribution in [3.05, 3.63) is 29.1 Å². The van der Waals surface area contributed by atoms with Crippen molar-refractivity contribution < 1.29 is 13.9 Å². The maximum Gasteiger partial charge on any atom is 0.410 e. The number of halogens is 1. The van der Waals surface area contributed by atoms with Gasteiger partial charge in [-0.3, -0.25) is 0 Å². The summed E-state index contributed by atoms with van der Waals surface area (Å²) in [6.07, 6.45) is 1.35. The van der Waals surface area contributed by atoms with Crippen LogP contribution in [0.5, 0.6) is 0 Å². The minimum Gasteiger partial charge on any atom is -0.444 e. The summed E-state index contributed by atoms with van der Waals surface area (Å²) in [6.45, 7) is 8.79. The van der Waals surface area contributed by atoms with Crippen LogP contribution in [0, 0.1) is 12.7 Å². The number of nitrogens with two attached hydrogens (primary N) is 1. The van der Waals surface area contributed by atoms with Gasteiger partial charge in [-0.2, -0.15) is 0 Å². The predicted octanol–water partition coefficient (Wildman–Crippen LogP) is 3.83. The largest absolute Gasteiger partial charge is 0.444 e. The number of amides is 1. The number of likely N-dealkylation sites (tertiary alicyclic amines) is 1. The molecule has 0 spiro atoms. The molecule has 0 bridgehead atoms. The summed E-state index contributed by atoms with van der Waals surface area (Å²) in [5.74, 6) is -0.107. The SMILES string of the molecule is Cc1cc(N)c(F)cc1C1CCN(C(=O)OC(C)(C)C)CC1. The van der Waals surface area contributed by atoms with Crippen molar-refractivity contribution in [2.75, 3.05) is 18.8 Å². The van der Waals surface area contributed by atoms with Gasteiger partial charge in [0.15, 0.2) is 0 Å². The van der Waals surface area contributed by atoms with Crippen LogP contribution in [-0.4, -0.2) is 29.7 Å². The lowest BCUT2D eigenvalue weighted by Gasteiger charge is -2.34. The molecular formula is C17H25FN2O2. The van der Waals surface area contributed by atoms with Crippen LogP contribution in [0.3, 0.4) is 0 Å². The van der Waals surface area contributed by atoms with E-state index in [1.54, 1.807) is 17.0 Å². The average molecular weight is 308 g/mol. The molecule has 0 atom stereocenters. The Kier molecular flexibility index (Phi) is 4.63. The van der Waals surface area contributed by atoms with Gasteiger partial charge in [0.05, 0.1) is 5.69 Å². The summed E-state index contributed by atoms with van der Waals surface area (Å²) in [5.41, 5.74) is 7.31. The Hall–Kier alpha value is -1.78. The molecule has 1 aliphatic rings. The summed E-state index contributed by atoms with van der Waals surface area (Å²) in [7, 11) is 0. The lowest BCUT2D eigenvalue weighted by Crippen LogP contribution is -2.41. The summed E-state index contributed by atoms with van der Waals surface area (Å²) in [5, 5.41) is 0. The van der Waals surface area contributed by atoms with E-state index in [9.17, 15) is 9.18 Å². The van der Waals surface area contributed by atoms with Gasteiger partial charge in [-0.05, 0) is 69.7 Å². The summed E-state index contributed by atoms with van der Waals surface area (Å²) >= 11 is 0. The molecule has 122 valence electrons. The highest BCUT2D eigenvalue weighted by molar-refractivity contribution is 5.68. The van der Waals surface area contributed by atoms with Crippen molar-refractivity contribution in [3.8, 4) is 0 Å². The minimum atomic E-state index is -0.482. The molecule has 1 aromatic carbocycles. The molecule has 2 rings (SSSR count). The molecule has 1 amide bonds. The number of nitrogen functional groups attached to an aromatic ring is 1. The standard InChI is InChI=1S/C17H25FN2O2/c1-11-9-15(19)14(18)10-13(11)12-5-7-20(8-6-12)16(21)22-17(2,3)4/h9-10,12H,5-8,19H2,1-4H3. The third-order valence-electron chi connectivity index (χ3n) is 3.97. The van der Waals surface area contributed by atoms with E-state index in [1.807, 2.05) is 27.7 Å². The molecule has 0 aromatic heterocycles. The number of benzene rings is 1. The first-order valence-electron chi connectivity index (χ1n) is 7.71. The van der Waals surface area contributed by atoms with E-state index in [4.69, 9.17) is 10.5 Å². The highest BCUT2D eigenvalue weighted by atomic mass is 19.1. The van der Waals surface area contributed by atoms with E-state index >= 15 is 0 Å². The zero-order chi connectivity index (χ0) is 16.5. The molecule has 0 saturated carbocycles. The molecule has 2 N–H and O–H groups in total. The third-order valence-corrected chi connectivity index (χ3v) is 3.97. The van der Waals surface area contributed by atoms with Gasteiger partial charge in [-0.15, -0.1) is 0 Å². The second-order valence-electron chi connectivity index (χ2n) is 6.97. The Morgan fingerprint density at radius 1 is 1.32 bits per heavy atom. The van der Waals surface area contributed by atoms with Gasteiger partial charge >= 0.3 is 6.09 Å². The first-order chi connectivity index (χ1) is 10.2. The average Bonchev–Trinajstić information content (AvgIpc) is 2.41. The van der Waals surface area contributed by atoms with E-state index in [-0.39, 0.29) is 23.5 Å². The molecule has 0 radical (unpaired) electrons. The van der Waals surface area contributed by atoms with Gasteiger partial charge in [-0.1, -0.05) is 0 Å². The maximum atomic E-state index is 13.7. The fourth-order valence-electron chi connectivity index (χ4n) is 2.86. The van der Waals surface area contributed by atoms with Crippen LogP contribution >= 0.6 is 0 Å². The topological polar surface area (TPSA) is 55.6 Å². The quantitative estimate of drug-likeness (QED) is 0.802. The van der Waals surface area contributed by atoms with E-state index in [0.717, 1.165) is 24.0 Å². The smallest absolute Gasteiger partial charge is 0.410 e. The predicted molar refractivity (Wildman–Crippen MR) is 85.3 cm³/mol. The molecule has 1 saturated heterocycles. The number of anilines is 1. The number of aryl methyl sites for hydroxylation is 1. The molecule has 1 aliphatic heterocycles. The third kappa shape index (κ3) is 3.90. The molecule has 0 unspecified atom stereocenters. The van der Waals surface area contributed by atoms with Gasteiger partial charge in [0.1, 0.15) is 11.4 Å². The van der Waals surface area contributed by atoms with Gasteiger partial charge in [0, 0.05) is 13.1 Å². The number of carbonyl (C=O) groups excluding carboxylic acids is 1. The Morgan fingerprint density at radius 2 is 1.91 bits per heavy atom. The Labute approximate surface area is 131 Å². The first kappa shape index (κ1) is 16.6. The lowest BCUT2D eigenvalue weighted by molar-refractivity contribution is 0.0204. The first-order valence-corrected chi connectivity index (χ1v) is 7.71. The molecule has 1 aromatic rings. The van der Waals surface area contributed by atoms with E-state index < -0.39 is 5.60 Å². The molecule has 0 aliphatic carbocycles. The fourth-order valence-corrected chi connectivity index (χ4v) is 2.86. The fraction of sp³-hybridized carbons (Fsp3) is 0.588. The van der Waals surface area contributed by atoms with E-state index in [0.29, 0.717) is 13.1 Å². The van der Waals surface area contributed by atoms with Crippen LogP contribution in [0.25, 0.3) is 0 Å². The summed E-state index contributed by atoms with van der Waals surface area (Å²) in [6, 6.07) is 3.23. The lowest BCUT2D eigenvalue weighted by atomic mass is 9.86. The van der Waals surface area contributed by atoms with Crippen molar-refractivity contribution in [1.82, 2.24) is 4.90 Å². The van der Waals surface area contributed by atoms with Crippen molar-refractivity contribution in [1.29, 1.82) is 0 Å². The second-order valence-corrected chi connectivity index (χ2v) is 6.97.